The number of nitrogens with zero attached hydrogens (tertiary/aromatic N) is 7. The minimum atomic E-state index is -4.70. The SMILES string of the molecule is C=CN=C/C(=C\N)c1cncc(C(=O)Nc2ccc(-n3nc(-c4cccnc4)cc3C(F)(F)F)nn2)c1. The topological polar surface area (TPSA) is 137 Å². The molecule has 4 rings (SSSR count). The Hall–Kier alpha value is -5.20. The Labute approximate surface area is 208 Å². The van der Waals surface area contributed by atoms with Crippen LogP contribution in [0.5, 0.6) is 0 Å². The molecule has 0 unspecified atom stereocenters. The average molecular weight is 505 g/mol. The fourth-order valence-electron chi connectivity index (χ4n) is 3.18. The molecular weight excluding hydrogens is 487 g/mol. The Morgan fingerprint density at radius 2 is 1.89 bits per heavy atom. The number of carbonyl (C=O) groups is 1. The number of hydrogen-bond donors (Lipinski definition) is 2. The first-order valence-electron chi connectivity index (χ1n) is 10.5. The molecule has 4 aromatic heterocycles. The summed E-state index contributed by atoms with van der Waals surface area (Å²) in [5, 5.41) is 14.2. The molecule has 3 N–H and O–H groups in total. The van der Waals surface area contributed by atoms with Crippen molar-refractivity contribution in [3.63, 3.8) is 0 Å². The Kier molecular flexibility index (Phi) is 7.14. The van der Waals surface area contributed by atoms with Crippen LogP contribution in [0.3, 0.4) is 0 Å². The molecule has 0 saturated heterocycles. The highest BCUT2D eigenvalue weighted by Gasteiger charge is 2.37. The molecule has 13 heteroatoms. The number of nitrogens with two attached hydrogens (primary N) is 1. The second kappa shape index (κ2) is 10.6. The number of halogens is 3. The number of hydrogen-bond acceptors (Lipinski definition) is 8. The average Bonchev–Trinajstić information content (AvgIpc) is 3.37. The van der Waals surface area contributed by atoms with E-state index in [0.29, 0.717) is 21.4 Å². The Morgan fingerprint density at radius 1 is 1.08 bits per heavy atom. The third-order valence-electron chi connectivity index (χ3n) is 4.90. The minimum Gasteiger partial charge on any atom is -0.404 e. The van der Waals surface area contributed by atoms with Gasteiger partial charge in [0.1, 0.15) is 0 Å². The summed E-state index contributed by atoms with van der Waals surface area (Å²) in [6, 6.07) is 8.19. The van der Waals surface area contributed by atoms with Crippen LogP contribution >= 0.6 is 0 Å². The van der Waals surface area contributed by atoms with Crippen LogP contribution in [0.4, 0.5) is 19.0 Å². The predicted octanol–water partition coefficient (Wildman–Crippen LogP) is 3.90. The van der Waals surface area contributed by atoms with Gasteiger partial charge in [0, 0.05) is 60.1 Å². The highest BCUT2D eigenvalue weighted by Crippen LogP contribution is 2.33. The van der Waals surface area contributed by atoms with Gasteiger partial charge in [-0.3, -0.25) is 19.8 Å². The van der Waals surface area contributed by atoms with Crippen LogP contribution in [0.2, 0.25) is 0 Å². The molecule has 0 radical (unpaired) electrons. The maximum absolute atomic E-state index is 13.7. The zero-order valence-electron chi connectivity index (χ0n) is 19.0. The van der Waals surface area contributed by atoms with Gasteiger partial charge in [-0.2, -0.15) is 18.3 Å². The van der Waals surface area contributed by atoms with Crippen molar-refractivity contribution in [3.05, 3.63) is 97.0 Å². The van der Waals surface area contributed by atoms with Gasteiger partial charge >= 0.3 is 6.18 Å². The lowest BCUT2D eigenvalue weighted by Gasteiger charge is -2.10. The molecule has 0 saturated carbocycles. The number of allylic oxidation sites excluding steroid dienone is 1. The Morgan fingerprint density at radius 3 is 2.54 bits per heavy atom. The Balaban J connectivity index is 1.57. The van der Waals surface area contributed by atoms with Crippen molar-refractivity contribution in [2.24, 2.45) is 10.7 Å². The van der Waals surface area contributed by atoms with E-state index in [1.807, 2.05) is 0 Å². The maximum Gasteiger partial charge on any atom is 0.433 e. The van der Waals surface area contributed by atoms with E-state index in [9.17, 15) is 18.0 Å². The standard InChI is InChI=1S/C24H18F3N9O/c1-2-29-14-18(10-28)16-8-17(13-31-12-16)23(37)32-21-5-6-22(34-33-21)36-20(24(25,26)27)9-19(35-36)15-4-3-7-30-11-15/h2-14H,1,28H2,(H,32,33,37)/b18-10+,29-14?. The molecule has 0 spiro atoms. The first-order chi connectivity index (χ1) is 17.8. The molecule has 0 atom stereocenters. The van der Waals surface area contributed by atoms with Crippen molar-refractivity contribution in [2.45, 2.75) is 6.18 Å². The normalized spacial score (nSPS) is 12.0. The van der Waals surface area contributed by atoms with Crippen molar-refractivity contribution in [1.82, 2.24) is 29.9 Å². The van der Waals surface area contributed by atoms with E-state index in [4.69, 9.17) is 5.73 Å². The van der Waals surface area contributed by atoms with Gasteiger partial charge in [-0.05, 0) is 36.4 Å². The van der Waals surface area contributed by atoms with Crippen molar-refractivity contribution in [3.8, 4) is 17.1 Å². The van der Waals surface area contributed by atoms with E-state index in [1.165, 1.54) is 61.6 Å². The fourth-order valence-corrected chi connectivity index (χ4v) is 3.18. The van der Waals surface area contributed by atoms with Gasteiger partial charge in [0.2, 0.25) is 0 Å². The molecule has 0 aliphatic heterocycles. The third kappa shape index (κ3) is 5.73. The molecule has 186 valence electrons. The summed E-state index contributed by atoms with van der Waals surface area (Å²) in [5.74, 6) is -0.749. The molecule has 4 heterocycles. The van der Waals surface area contributed by atoms with Gasteiger partial charge in [0.25, 0.3) is 5.91 Å². The first kappa shape index (κ1) is 24.9. The lowest BCUT2D eigenvalue weighted by molar-refractivity contribution is -0.142. The maximum atomic E-state index is 13.7. The molecular formula is C24H18F3N9O. The summed E-state index contributed by atoms with van der Waals surface area (Å²) in [6.07, 6.45) is 5.13. The molecule has 4 aromatic rings. The summed E-state index contributed by atoms with van der Waals surface area (Å²) in [4.78, 5) is 24.5. The van der Waals surface area contributed by atoms with Crippen molar-refractivity contribution >= 4 is 23.5 Å². The van der Waals surface area contributed by atoms with E-state index in [2.05, 4.69) is 42.2 Å². The van der Waals surface area contributed by atoms with Gasteiger partial charge in [0.15, 0.2) is 17.3 Å². The summed E-state index contributed by atoms with van der Waals surface area (Å²) in [5.41, 5.74) is 6.27. The van der Waals surface area contributed by atoms with Crippen molar-refractivity contribution in [1.29, 1.82) is 0 Å². The van der Waals surface area contributed by atoms with Gasteiger partial charge in [0.05, 0.1) is 11.3 Å². The lowest BCUT2D eigenvalue weighted by atomic mass is 10.1. The fraction of sp³-hybridized carbons (Fsp3) is 0.0417. The summed E-state index contributed by atoms with van der Waals surface area (Å²) in [7, 11) is 0. The molecule has 1 amide bonds. The van der Waals surface area contributed by atoms with E-state index in [-0.39, 0.29) is 22.9 Å². The predicted molar refractivity (Wildman–Crippen MR) is 130 cm³/mol. The number of alkyl halides is 3. The van der Waals surface area contributed by atoms with Crippen LogP contribution < -0.4 is 11.1 Å². The molecule has 37 heavy (non-hydrogen) atoms. The van der Waals surface area contributed by atoms with Crippen LogP contribution in [0.1, 0.15) is 21.6 Å². The number of pyridine rings is 2. The second-order valence-corrected chi connectivity index (χ2v) is 7.34. The van der Waals surface area contributed by atoms with E-state index in [1.54, 1.807) is 12.1 Å². The van der Waals surface area contributed by atoms with Crippen molar-refractivity contribution in [2.75, 3.05) is 5.32 Å². The van der Waals surface area contributed by atoms with Gasteiger partial charge in [-0.1, -0.05) is 6.58 Å². The lowest BCUT2D eigenvalue weighted by Crippen LogP contribution is -2.16. The van der Waals surface area contributed by atoms with Gasteiger partial charge < -0.3 is 11.1 Å². The number of amides is 1. The second-order valence-electron chi connectivity index (χ2n) is 7.34. The molecule has 0 fully saturated rings. The summed E-state index contributed by atoms with van der Waals surface area (Å²) in [6.45, 7) is 3.49. The monoisotopic (exact) mass is 505 g/mol. The number of carbonyl (C=O) groups excluding carboxylic acids is 1. The van der Waals surface area contributed by atoms with Gasteiger partial charge in [-0.15, -0.1) is 10.2 Å². The van der Waals surface area contributed by atoms with Crippen LogP contribution in [-0.4, -0.2) is 42.1 Å². The number of aromatic nitrogens is 6. The number of anilines is 1. The smallest absolute Gasteiger partial charge is 0.404 e. The van der Waals surface area contributed by atoms with Crippen molar-refractivity contribution < 1.29 is 18.0 Å². The quantitative estimate of drug-likeness (QED) is 0.364. The number of rotatable bonds is 7. The number of aliphatic imine (C=N–C) groups is 1. The highest BCUT2D eigenvalue weighted by atomic mass is 19.4. The molecule has 10 nitrogen and oxygen atoms in total. The third-order valence-corrected chi connectivity index (χ3v) is 4.90. The van der Waals surface area contributed by atoms with E-state index in [0.717, 1.165) is 6.07 Å². The van der Waals surface area contributed by atoms with Crippen LogP contribution in [0, 0.1) is 0 Å². The minimum absolute atomic E-state index is 0.00941. The zero-order chi connectivity index (χ0) is 26.4. The molecule has 0 aliphatic carbocycles. The largest absolute Gasteiger partial charge is 0.433 e. The van der Waals surface area contributed by atoms with E-state index >= 15 is 0 Å². The first-order valence-corrected chi connectivity index (χ1v) is 10.5. The molecule has 0 bridgehead atoms. The summed E-state index contributed by atoms with van der Waals surface area (Å²) < 4.78 is 41.7. The molecule has 0 aromatic carbocycles. The summed E-state index contributed by atoms with van der Waals surface area (Å²) >= 11 is 0. The highest BCUT2D eigenvalue weighted by molar-refractivity contribution is 6.11. The van der Waals surface area contributed by atoms with E-state index < -0.39 is 17.8 Å². The van der Waals surface area contributed by atoms with Crippen LogP contribution in [0.25, 0.3) is 22.6 Å². The Bertz CT molecular complexity index is 1480. The number of nitrogens with one attached hydrogen (secondary N) is 1. The van der Waals surface area contributed by atoms with Gasteiger partial charge in [-0.25, -0.2) is 4.68 Å². The zero-order valence-corrected chi connectivity index (χ0v) is 19.0. The molecule has 0 aliphatic rings. The van der Waals surface area contributed by atoms with Crippen LogP contribution in [-0.2, 0) is 6.18 Å². The van der Waals surface area contributed by atoms with Crippen LogP contribution in [0.15, 0.2) is 85.2 Å².